The van der Waals surface area contributed by atoms with Gasteiger partial charge in [0, 0.05) is 39.3 Å². The number of benzene rings is 1. The molecule has 2 aliphatic rings. The molecule has 2 heterocycles. The van der Waals surface area contributed by atoms with E-state index < -0.39 is 10.0 Å². The van der Waals surface area contributed by atoms with Gasteiger partial charge in [-0.05, 0) is 56.6 Å². The van der Waals surface area contributed by atoms with E-state index in [9.17, 15) is 8.42 Å². The van der Waals surface area contributed by atoms with Crippen LogP contribution in [0.1, 0.15) is 17.5 Å². The largest absolute Gasteiger partial charge is 0.379 e. The molecular formula is C19H31N3O3S. The van der Waals surface area contributed by atoms with E-state index in [1.807, 2.05) is 19.9 Å². The highest BCUT2D eigenvalue weighted by Crippen LogP contribution is 2.20. The van der Waals surface area contributed by atoms with Crippen LogP contribution in [-0.2, 0) is 14.8 Å². The predicted octanol–water partition coefficient (Wildman–Crippen LogP) is 1.33. The van der Waals surface area contributed by atoms with Gasteiger partial charge in [0.15, 0.2) is 0 Å². The first kappa shape index (κ1) is 19.8. The summed E-state index contributed by atoms with van der Waals surface area (Å²) in [7, 11) is -3.38. The van der Waals surface area contributed by atoms with Crippen molar-refractivity contribution in [2.24, 2.45) is 0 Å². The zero-order valence-electron chi connectivity index (χ0n) is 16.0. The summed E-state index contributed by atoms with van der Waals surface area (Å²) >= 11 is 0. The van der Waals surface area contributed by atoms with Crippen molar-refractivity contribution in [3.63, 3.8) is 0 Å². The minimum atomic E-state index is -3.38. The normalized spacial score (nSPS) is 21.2. The van der Waals surface area contributed by atoms with E-state index in [-0.39, 0.29) is 0 Å². The fourth-order valence-corrected chi connectivity index (χ4v) is 5.07. The van der Waals surface area contributed by atoms with Gasteiger partial charge in [0.1, 0.15) is 0 Å². The number of aryl methyl sites for hydroxylation is 2. The van der Waals surface area contributed by atoms with Crippen molar-refractivity contribution < 1.29 is 13.2 Å². The molecule has 0 bridgehead atoms. The zero-order valence-corrected chi connectivity index (χ0v) is 16.8. The maximum atomic E-state index is 12.9. The van der Waals surface area contributed by atoms with E-state index in [1.165, 1.54) is 0 Å². The Morgan fingerprint density at radius 2 is 1.50 bits per heavy atom. The van der Waals surface area contributed by atoms with Gasteiger partial charge >= 0.3 is 0 Å². The first-order valence-electron chi connectivity index (χ1n) is 9.57. The average molecular weight is 382 g/mol. The summed E-state index contributed by atoms with van der Waals surface area (Å²) in [6.45, 7) is 12.6. The Balaban J connectivity index is 1.47. The molecule has 146 valence electrons. The van der Waals surface area contributed by atoms with Crippen LogP contribution >= 0.6 is 0 Å². The number of rotatable bonds is 6. The number of sulfonamides is 1. The van der Waals surface area contributed by atoms with E-state index in [1.54, 1.807) is 16.4 Å². The first-order valence-corrected chi connectivity index (χ1v) is 11.0. The van der Waals surface area contributed by atoms with Crippen LogP contribution in [0, 0.1) is 13.8 Å². The van der Waals surface area contributed by atoms with Crippen molar-refractivity contribution >= 4 is 10.0 Å². The van der Waals surface area contributed by atoms with Crippen molar-refractivity contribution in [1.82, 2.24) is 14.1 Å². The van der Waals surface area contributed by atoms with Crippen LogP contribution in [0.3, 0.4) is 0 Å². The lowest BCUT2D eigenvalue weighted by molar-refractivity contribution is 0.0356. The van der Waals surface area contributed by atoms with Gasteiger partial charge < -0.3 is 9.64 Å². The third kappa shape index (κ3) is 4.84. The van der Waals surface area contributed by atoms with Gasteiger partial charge in [-0.1, -0.05) is 6.07 Å². The van der Waals surface area contributed by atoms with Crippen LogP contribution < -0.4 is 0 Å². The van der Waals surface area contributed by atoms with Gasteiger partial charge in [0.05, 0.1) is 18.1 Å². The second kappa shape index (κ2) is 8.80. The van der Waals surface area contributed by atoms with Crippen LogP contribution in [0.5, 0.6) is 0 Å². The molecule has 0 aliphatic carbocycles. The quantitative estimate of drug-likeness (QED) is 0.744. The lowest BCUT2D eigenvalue weighted by Gasteiger charge is -2.34. The highest BCUT2D eigenvalue weighted by molar-refractivity contribution is 7.89. The third-order valence-electron chi connectivity index (χ3n) is 5.50. The maximum Gasteiger partial charge on any atom is 0.243 e. The third-order valence-corrected chi connectivity index (χ3v) is 7.39. The number of ether oxygens (including phenoxy) is 1. The molecule has 0 aromatic heterocycles. The lowest BCUT2D eigenvalue weighted by Crippen LogP contribution is -2.49. The Kier molecular flexibility index (Phi) is 6.69. The van der Waals surface area contributed by atoms with E-state index in [2.05, 4.69) is 9.80 Å². The van der Waals surface area contributed by atoms with Gasteiger partial charge in [-0.25, -0.2) is 8.42 Å². The summed E-state index contributed by atoms with van der Waals surface area (Å²) in [5.74, 6) is 0. The van der Waals surface area contributed by atoms with E-state index >= 15 is 0 Å². The fourth-order valence-electron chi connectivity index (χ4n) is 3.56. The molecule has 0 spiro atoms. The van der Waals surface area contributed by atoms with Gasteiger partial charge in [0.25, 0.3) is 0 Å². The zero-order chi connectivity index (χ0) is 18.6. The van der Waals surface area contributed by atoms with E-state index in [0.29, 0.717) is 18.0 Å². The van der Waals surface area contributed by atoms with Gasteiger partial charge in [-0.2, -0.15) is 4.31 Å². The van der Waals surface area contributed by atoms with Gasteiger partial charge in [-0.15, -0.1) is 0 Å². The molecule has 6 nitrogen and oxygen atoms in total. The van der Waals surface area contributed by atoms with Crippen LogP contribution in [-0.4, -0.2) is 88.1 Å². The minimum Gasteiger partial charge on any atom is -0.379 e. The molecule has 2 saturated heterocycles. The number of piperazine rings is 1. The first-order chi connectivity index (χ1) is 12.5. The molecule has 0 N–H and O–H groups in total. The summed E-state index contributed by atoms with van der Waals surface area (Å²) in [6.07, 6.45) is 1.13. The molecule has 2 aliphatic heterocycles. The molecule has 3 rings (SSSR count). The molecule has 1 aromatic carbocycles. The summed E-state index contributed by atoms with van der Waals surface area (Å²) in [6, 6.07) is 5.41. The fraction of sp³-hybridized carbons (Fsp3) is 0.684. The number of morpholine rings is 1. The smallest absolute Gasteiger partial charge is 0.243 e. The topological polar surface area (TPSA) is 53.1 Å². The van der Waals surface area contributed by atoms with Crippen molar-refractivity contribution in [2.45, 2.75) is 25.2 Å². The molecule has 0 amide bonds. The van der Waals surface area contributed by atoms with Gasteiger partial charge in [0.2, 0.25) is 10.0 Å². The minimum absolute atomic E-state index is 0.418. The monoisotopic (exact) mass is 381 g/mol. The Labute approximate surface area is 157 Å². The van der Waals surface area contributed by atoms with Crippen molar-refractivity contribution in [3.05, 3.63) is 29.3 Å². The Bertz CT molecular complexity index is 694. The molecule has 0 saturated carbocycles. The maximum absolute atomic E-state index is 12.9. The highest BCUT2D eigenvalue weighted by atomic mass is 32.2. The van der Waals surface area contributed by atoms with E-state index in [4.69, 9.17) is 4.74 Å². The Morgan fingerprint density at radius 3 is 2.12 bits per heavy atom. The Morgan fingerprint density at radius 1 is 0.885 bits per heavy atom. The predicted molar refractivity (Wildman–Crippen MR) is 103 cm³/mol. The molecule has 7 heteroatoms. The van der Waals surface area contributed by atoms with Crippen molar-refractivity contribution in [2.75, 3.05) is 65.6 Å². The second-order valence-corrected chi connectivity index (χ2v) is 9.24. The van der Waals surface area contributed by atoms with Crippen molar-refractivity contribution in [3.8, 4) is 0 Å². The SMILES string of the molecule is Cc1ccc(S(=O)(=O)N2CCN(CCCN3CCOCC3)CC2)cc1C. The van der Waals surface area contributed by atoms with Gasteiger partial charge in [-0.3, -0.25) is 4.90 Å². The van der Waals surface area contributed by atoms with Crippen LogP contribution in [0.2, 0.25) is 0 Å². The molecule has 2 fully saturated rings. The standard InChI is InChI=1S/C19H31N3O3S/c1-17-4-5-19(16-18(17)2)26(23,24)22-10-8-20(9-11-22)6-3-7-21-12-14-25-15-13-21/h4-5,16H,3,6-15H2,1-2H3. The summed E-state index contributed by atoms with van der Waals surface area (Å²) in [4.78, 5) is 5.25. The van der Waals surface area contributed by atoms with Crippen LogP contribution in [0.15, 0.2) is 23.1 Å². The molecular weight excluding hydrogens is 350 g/mol. The van der Waals surface area contributed by atoms with Crippen LogP contribution in [0.4, 0.5) is 0 Å². The lowest BCUT2D eigenvalue weighted by atomic mass is 10.1. The van der Waals surface area contributed by atoms with E-state index in [0.717, 1.165) is 70.0 Å². The molecule has 0 unspecified atom stereocenters. The summed E-state index contributed by atoms with van der Waals surface area (Å²) in [5, 5.41) is 0. The highest BCUT2D eigenvalue weighted by Gasteiger charge is 2.28. The Hall–Kier alpha value is -0.990. The number of hydrogen-bond acceptors (Lipinski definition) is 5. The number of nitrogens with zero attached hydrogens (tertiary/aromatic N) is 3. The molecule has 0 radical (unpaired) electrons. The average Bonchev–Trinajstić information content (AvgIpc) is 2.65. The molecule has 1 aromatic rings. The molecule has 0 atom stereocenters. The summed E-state index contributed by atoms with van der Waals surface area (Å²) in [5.41, 5.74) is 2.14. The number of hydrogen-bond donors (Lipinski definition) is 0. The van der Waals surface area contributed by atoms with Crippen LogP contribution in [0.25, 0.3) is 0 Å². The van der Waals surface area contributed by atoms with Crippen molar-refractivity contribution in [1.29, 1.82) is 0 Å². The second-order valence-electron chi connectivity index (χ2n) is 7.30. The molecule has 26 heavy (non-hydrogen) atoms. The summed E-state index contributed by atoms with van der Waals surface area (Å²) < 4.78 is 32.7.